The number of hydrogen-bond acceptors (Lipinski definition) is 5. The summed E-state index contributed by atoms with van der Waals surface area (Å²) in [6, 6.07) is 1.11. The first kappa shape index (κ1) is 14.4. The largest absolute Gasteiger partial charge is 0.266 e. The molecule has 19 heavy (non-hydrogen) atoms. The third-order valence-corrected chi connectivity index (χ3v) is 5.76. The first-order valence-electron chi connectivity index (χ1n) is 5.76. The lowest BCUT2D eigenvalue weighted by atomic mass is 10.1. The molecular formula is C9H16N4O4S2. The molecule has 0 bridgehead atoms. The van der Waals surface area contributed by atoms with Crippen molar-refractivity contribution in [1.29, 1.82) is 0 Å². The minimum Gasteiger partial charge on any atom is -0.266 e. The van der Waals surface area contributed by atoms with Crippen molar-refractivity contribution in [2.75, 3.05) is 19.3 Å². The fraction of sp³-hybridized carbons (Fsp3) is 0.667. The molecular weight excluding hydrogens is 292 g/mol. The molecule has 0 saturated carbocycles. The van der Waals surface area contributed by atoms with Gasteiger partial charge in [-0.25, -0.2) is 25.9 Å². The molecule has 1 aromatic heterocycles. The Bertz CT molecular complexity index is 615. The summed E-state index contributed by atoms with van der Waals surface area (Å²) in [5.74, 6) is 0. The van der Waals surface area contributed by atoms with Crippen LogP contribution in [0, 0.1) is 0 Å². The van der Waals surface area contributed by atoms with Crippen LogP contribution in [0.4, 0.5) is 0 Å². The summed E-state index contributed by atoms with van der Waals surface area (Å²) in [6.45, 7) is 0.657. The lowest BCUT2D eigenvalue weighted by molar-refractivity contribution is 0.310. The van der Waals surface area contributed by atoms with Crippen molar-refractivity contribution in [3.63, 3.8) is 0 Å². The summed E-state index contributed by atoms with van der Waals surface area (Å²) in [5, 5.41) is 6.00. The van der Waals surface area contributed by atoms with Gasteiger partial charge in [0.1, 0.15) is 0 Å². The number of nitrogens with one attached hydrogen (secondary N) is 2. The van der Waals surface area contributed by atoms with Crippen LogP contribution in [0.1, 0.15) is 12.8 Å². The first-order valence-corrected chi connectivity index (χ1v) is 9.09. The number of aromatic amines is 1. The van der Waals surface area contributed by atoms with E-state index in [0.29, 0.717) is 25.9 Å². The summed E-state index contributed by atoms with van der Waals surface area (Å²) in [7, 11) is -6.80. The first-order chi connectivity index (χ1) is 8.79. The van der Waals surface area contributed by atoms with E-state index in [-0.39, 0.29) is 11.1 Å². The maximum atomic E-state index is 11.9. The Morgan fingerprint density at radius 2 is 1.95 bits per heavy atom. The van der Waals surface area contributed by atoms with E-state index in [0.717, 1.165) is 6.26 Å². The van der Waals surface area contributed by atoms with Gasteiger partial charge in [-0.2, -0.15) is 5.10 Å². The molecule has 0 amide bonds. The number of piperidine rings is 1. The number of rotatable bonds is 4. The molecule has 0 radical (unpaired) electrons. The highest BCUT2D eigenvalue weighted by atomic mass is 32.2. The van der Waals surface area contributed by atoms with Gasteiger partial charge in [-0.15, -0.1) is 0 Å². The molecule has 0 spiro atoms. The Kier molecular flexibility index (Phi) is 3.95. The third-order valence-electron chi connectivity index (χ3n) is 3.01. The SMILES string of the molecule is CS(=O)(=O)N1CCC(NS(=O)(=O)c2ccn[nH]2)CC1. The van der Waals surface area contributed by atoms with E-state index in [9.17, 15) is 16.8 Å². The number of hydrogen-bond donors (Lipinski definition) is 2. The second-order valence-electron chi connectivity index (χ2n) is 4.48. The van der Waals surface area contributed by atoms with E-state index in [1.165, 1.54) is 16.6 Å². The molecule has 108 valence electrons. The van der Waals surface area contributed by atoms with Gasteiger partial charge < -0.3 is 0 Å². The topological polar surface area (TPSA) is 112 Å². The van der Waals surface area contributed by atoms with Gasteiger partial charge in [0.2, 0.25) is 10.0 Å². The molecule has 0 aromatic carbocycles. The van der Waals surface area contributed by atoms with Gasteiger partial charge in [0.05, 0.1) is 12.5 Å². The van der Waals surface area contributed by atoms with Crippen LogP contribution in [0.15, 0.2) is 17.3 Å². The van der Waals surface area contributed by atoms with E-state index < -0.39 is 20.0 Å². The van der Waals surface area contributed by atoms with Gasteiger partial charge in [-0.1, -0.05) is 0 Å². The van der Waals surface area contributed by atoms with Gasteiger partial charge in [0, 0.05) is 19.1 Å². The van der Waals surface area contributed by atoms with Gasteiger partial charge in [-0.3, -0.25) is 5.10 Å². The third kappa shape index (κ3) is 3.53. The van der Waals surface area contributed by atoms with Gasteiger partial charge in [0.25, 0.3) is 10.0 Å². The summed E-state index contributed by atoms with van der Waals surface area (Å²) >= 11 is 0. The van der Waals surface area contributed by atoms with Crippen LogP contribution in [-0.2, 0) is 20.0 Å². The molecule has 8 nitrogen and oxygen atoms in total. The molecule has 1 saturated heterocycles. The van der Waals surface area contributed by atoms with Crippen LogP contribution in [-0.4, -0.2) is 56.7 Å². The minimum absolute atomic E-state index is 0.0121. The molecule has 10 heteroatoms. The van der Waals surface area contributed by atoms with Crippen molar-refractivity contribution in [3.05, 3.63) is 12.3 Å². The smallest absolute Gasteiger partial charge is 0.257 e. The zero-order chi connectivity index (χ0) is 14.1. The van der Waals surface area contributed by atoms with E-state index in [2.05, 4.69) is 14.9 Å². The molecule has 0 aliphatic carbocycles. The molecule has 2 heterocycles. The number of sulfonamides is 2. The van der Waals surface area contributed by atoms with Crippen molar-refractivity contribution < 1.29 is 16.8 Å². The van der Waals surface area contributed by atoms with Crippen molar-refractivity contribution in [2.24, 2.45) is 0 Å². The van der Waals surface area contributed by atoms with E-state index in [1.807, 2.05) is 0 Å². The highest BCUT2D eigenvalue weighted by Gasteiger charge is 2.28. The molecule has 1 fully saturated rings. The highest BCUT2D eigenvalue weighted by Crippen LogP contribution is 2.15. The van der Waals surface area contributed by atoms with E-state index in [1.54, 1.807) is 0 Å². The summed E-state index contributed by atoms with van der Waals surface area (Å²) in [6.07, 6.45) is 3.43. The van der Waals surface area contributed by atoms with Crippen LogP contribution < -0.4 is 4.72 Å². The highest BCUT2D eigenvalue weighted by molar-refractivity contribution is 7.89. The minimum atomic E-state index is -3.61. The quantitative estimate of drug-likeness (QED) is 0.749. The van der Waals surface area contributed by atoms with Crippen molar-refractivity contribution in [1.82, 2.24) is 19.2 Å². The fourth-order valence-electron chi connectivity index (χ4n) is 1.98. The Balaban J connectivity index is 1.97. The standard InChI is InChI=1S/C9H16N4O4S2/c1-18(14,15)13-6-3-8(4-7-13)12-19(16,17)9-2-5-10-11-9/h2,5,8,12H,3-4,6-7H2,1H3,(H,10,11). The van der Waals surface area contributed by atoms with Crippen LogP contribution >= 0.6 is 0 Å². The Morgan fingerprint density at radius 3 is 2.42 bits per heavy atom. The van der Waals surface area contributed by atoms with Crippen molar-refractivity contribution in [3.8, 4) is 0 Å². The molecule has 1 aromatic rings. The molecule has 1 aliphatic rings. The fourth-order valence-corrected chi connectivity index (χ4v) is 4.07. The average molecular weight is 308 g/mol. The van der Waals surface area contributed by atoms with Crippen molar-refractivity contribution in [2.45, 2.75) is 23.9 Å². The normalized spacial score (nSPS) is 19.6. The lowest BCUT2D eigenvalue weighted by Crippen LogP contribution is -2.46. The monoisotopic (exact) mass is 308 g/mol. The summed E-state index contributed by atoms with van der Waals surface area (Å²) in [5.41, 5.74) is 0. The number of aromatic nitrogens is 2. The second kappa shape index (κ2) is 5.19. The van der Waals surface area contributed by atoms with E-state index >= 15 is 0 Å². The van der Waals surface area contributed by atoms with Crippen LogP contribution in [0.25, 0.3) is 0 Å². The molecule has 0 unspecified atom stereocenters. The maximum Gasteiger partial charge on any atom is 0.257 e. The lowest BCUT2D eigenvalue weighted by Gasteiger charge is -2.30. The average Bonchev–Trinajstić information content (AvgIpc) is 2.82. The van der Waals surface area contributed by atoms with Crippen LogP contribution in [0.3, 0.4) is 0 Å². The Hall–Kier alpha value is -0.970. The molecule has 0 atom stereocenters. The number of nitrogens with zero attached hydrogens (tertiary/aromatic N) is 2. The van der Waals surface area contributed by atoms with E-state index in [4.69, 9.17) is 0 Å². The van der Waals surface area contributed by atoms with Gasteiger partial charge >= 0.3 is 0 Å². The molecule has 2 N–H and O–H groups in total. The van der Waals surface area contributed by atoms with Crippen molar-refractivity contribution >= 4 is 20.0 Å². The maximum absolute atomic E-state index is 11.9. The predicted molar refractivity (Wildman–Crippen MR) is 68.3 cm³/mol. The zero-order valence-electron chi connectivity index (χ0n) is 10.4. The predicted octanol–water partition coefficient (Wildman–Crippen LogP) is -0.888. The second-order valence-corrected chi connectivity index (χ2v) is 8.14. The zero-order valence-corrected chi connectivity index (χ0v) is 12.0. The Morgan fingerprint density at radius 1 is 1.32 bits per heavy atom. The van der Waals surface area contributed by atoms with Gasteiger partial charge in [0.15, 0.2) is 5.03 Å². The molecule has 1 aliphatic heterocycles. The summed E-state index contributed by atoms with van der Waals surface area (Å²) < 4.78 is 50.4. The summed E-state index contributed by atoms with van der Waals surface area (Å²) in [4.78, 5) is 0. The van der Waals surface area contributed by atoms with Gasteiger partial charge in [-0.05, 0) is 18.9 Å². The van der Waals surface area contributed by atoms with Crippen LogP contribution in [0.2, 0.25) is 0 Å². The Labute approximate surface area is 112 Å². The number of H-pyrrole nitrogens is 1. The molecule has 2 rings (SSSR count). The van der Waals surface area contributed by atoms with Crippen LogP contribution in [0.5, 0.6) is 0 Å².